The fourth-order valence-corrected chi connectivity index (χ4v) is 5.73. The summed E-state index contributed by atoms with van der Waals surface area (Å²) in [6, 6.07) is -1.02. The molecule has 3 aliphatic rings. The molecule has 0 aliphatic carbocycles. The van der Waals surface area contributed by atoms with Crippen molar-refractivity contribution in [3.63, 3.8) is 0 Å². The largest absolute Gasteiger partial charge is 0.481 e. The molecule has 8 nitrogen and oxygen atoms in total. The predicted molar refractivity (Wildman–Crippen MR) is 105 cm³/mol. The van der Waals surface area contributed by atoms with Crippen molar-refractivity contribution in [2.45, 2.75) is 63.8 Å². The van der Waals surface area contributed by atoms with Gasteiger partial charge in [-0.25, -0.2) is 0 Å². The summed E-state index contributed by atoms with van der Waals surface area (Å²) in [7, 11) is 0. The highest BCUT2D eigenvalue weighted by atomic mass is 16.5. The van der Waals surface area contributed by atoms with Crippen molar-refractivity contribution in [3.05, 3.63) is 12.7 Å². The van der Waals surface area contributed by atoms with Gasteiger partial charge in [-0.3, -0.25) is 14.4 Å². The summed E-state index contributed by atoms with van der Waals surface area (Å²) in [5, 5.41) is 19.3. The Balaban J connectivity index is 2.11. The molecule has 0 radical (unpaired) electrons. The molecular weight excluding hydrogens is 376 g/mol. The minimum absolute atomic E-state index is 0.104. The Hall–Kier alpha value is -1.93. The molecule has 29 heavy (non-hydrogen) atoms. The van der Waals surface area contributed by atoms with E-state index < -0.39 is 35.0 Å². The zero-order valence-corrected chi connectivity index (χ0v) is 17.6. The quantitative estimate of drug-likeness (QED) is 0.578. The normalized spacial score (nSPS) is 37.9. The van der Waals surface area contributed by atoms with Crippen LogP contribution in [-0.2, 0) is 19.1 Å². The third-order valence-corrected chi connectivity index (χ3v) is 7.10. The predicted octanol–water partition coefficient (Wildman–Crippen LogP) is 0.887. The Morgan fingerprint density at radius 3 is 2.62 bits per heavy atom. The van der Waals surface area contributed by atoms with Crippen molar-refractivity contribution in [1.82, 2.24) is 9.80 Å². The number of fused-ring (bicyclic) bond motifs is 1. The van der Waals surface area contributed by atoms with Crippen molar-refractivity contribution in [2.75, 3.05) is 19.7 Å². The number of aliphatic carboxylic acids is 1. The fourth-order valence-electron chi connectivity index (χ4n) is 5.73. The van der Waals surface area contributed by atoms with Crippen LogP contribution >= 0.6 is 0 Å². The van der Waals surface area contributed by atoms with Gasteiger partial charge in [0.2, 0.25) is 11.8 Å². The van der Waals surface area contributed by atoms with Gasteiger partial charge in [-0.05, 0) is 39.5 Å². The zero-order chi connectivity index (χ0) is 21.7. The maximum absolute atomic E-state index is 13.7. The number of rotatable bonds is 8. The second kappa shape index (κ2) is 7.40. The smallest absolute Gasteiger partial charge is 0.310 e. The van der Waals surface area contributed by atoms with Crippen LogP contribution in [0.15, 0.2) is 12.7 Å². The highest BCUT2D eigenvalue weighted by Gasteiger charge is 2.80. The van der Waals surface area contributed by atoms with E-state index in [0.717, 1.165) is 0 Å². The Labute approximate surface area is 171 Å². The number of carboxylic acid groups (broad SMARTS) is 1. The zero-order valence-electron chi connectivity index (χ0n) is 17.6. The van der Waals surface area contributed by atoms with Crippen LogP contribution in [0.5, 0.6) is 0 Å². The fraction of sp³-hybridized carbons (Fsp3) is 0.762. The van der Waals surface area contributed by atoms with E-state index in [1.165, 1.54) is 4.90 Å². The molecule has 3 unspecified atom stereocenters. The number of likely N-dealkylation sites (tertiary alicyclic amines) is 1. The summed E-state index contributed by atoms with van der Waals surface area (Å²) in [5.41, 5.74) is -2.15. The molecule has 3 fully saturated rings. The number of aliphatic hydroxyl groups excluding tert-OH is 1. The molecule has 3 saturated heterocycles. The van der Waals surface area contributed by atoms with Crippen LogP contribution in [-0.4, -0.2) is 80.8 Å². The van der Waals surface area contributed by atoms with Gasteiger partial charge in [-0.2, -0.15) is 0 Å². The van der Waals surface area contributed by atoms with Crippen molar-refractivity contribution >= 4 is 17.8 Å². The number of aliphatic hydroxyl groups is 1. The lowest BCUT2D eigenvalue weighted by atomic mass is 9.62. The lowest BCUT2D eigenvalue weighted by Gasteiger charge is -2.38. The molecule has 3 heterocycles. The van der Waals surface area contributed by atoms with E-state index in [2.05, 4.69) is 6.58 Å². The van der Waals surface area contributed by atoms with Crippen molar-refractivity contribution < 1.29 is 29.3 Å². The summed E-state index contributed by atoms with van der Waals surface area (Å²) < 4.78 is 6.40. The Morgan fingerprint density at radius 2 is 2.10 bits per heavy atom. The average Bonchev–Trinajstić information content (AvgIpc) is 3.14. The van der Waals surface area contributed by atoms with Gasteiger partial charge in [0.25, 0.3) is 0 Å². The van der Waals surface area contributed by atoms with E-state index >= 15 is 0 Å². The molecule has 3 rings (SSSR count). The Morgan fingerprint density at radius 1 is 1.45 bits per heavy atom. The van der Waals surface area contributed by atoms with Crippen LogP contribution in [0.3, 0.4) is 0 Å². The number of hydrogen-bond donors (Lipinski definition) is 2. The number of nitrogens with zero attached hydrogens (tertiary/aromatic N) is 2. The molecule has 0 aromatic rings. The number of amides is 2. The highest BCUT2D eigenvalue weighted by molar-refractivity contribution is 5.98. The van der Waals surface area contributed by atoms with Crippen LogP contribution in [0.2, 0.25) is 0 Å². The van der Waals surface area contributed by atoms with Crippen LogP contribution in [0, 0.1) is 17.8 Å². The van der Waals surface area contributed by atoms with Crippen molar-refractivity contribution in [1.29, 1.82) is 0 Å². The first-order valence-electron chi connectivity index (χ1n) is 10.3. The van der Waals surface area contributed by atoms with Gasteiger partial charge in [0, 0.05) is 25.7 Å². The van der Waals surface area contributed by atoms with E-state index in [-0.39, 0.29) is 36.9 Å². The van der Waals surface area contributed by atoms with E-state index in [1.54, 1.807) is 17.9 Å². The minimum atomic E-state index is -1.16. The first kappa shape index (κ1) is 21.8. The molecule has 0 saturated carbocycles. The molecule has 3 aliphatic heterocycles. The van der Waals surface area contributed by atoms with Crippen LogP contribution < -0.4 is 0 Å². The maximum atomic E-state index is 13.7. The van der Waals surface area contributed by atoms with Gasteiger partial charge in [-0.15, -0.1) is 6.58 Å². The second-order valence-corrected chi connectivity index (χ2v) is 9.02. The monoisotopic (exact) mass is 408 g/mol. The second-order valence-electron chi connectivity index (χ2n) is 9.02. The Bertz CT molecular complexity index is 724. The molecule has 1 spiro atoms. The highest BCUT2D eigenvalue weighted by Crippen LogP contribution is 2.65. The Kier molecular flexibility index (Phi) is 5.55. The molecule has 8 heteroatoms. The van der Waals surface area contributed by atoms with Crippen LogP contribution in [0.25, 0.3) is 0 Å². The number of carbonyl (C=O) groups is 3. The molecule has 0 aromatic heterocycles. The van der Waals surface area contributed by atoms with Crippen LogP contribution in [0.1, 0.15) is 40.5 Å². The van der Waals surface area contributed by atoms with E-state index in [9.17, 15) is 24.6 Å². The maximum Gasteiger partial charge on any atom is 0.310 e. The van der Waals surface area contributed by atoms with Gasteiger partial charge < -0.3 is 24.7 Å². The van der Waals surface area contributed by atoms with Gasteiger partial charge in [-0.1, -0.05) is 13.0 Å². The van der Waals surface area contributed by atoms with Gasteiger partial charge in [0.1, 0.15) is 17.6 Å². The van der Waals surface area contributed by atoms with Gasteiger partial charge in [0.15, 0.2) is 0 Å². The summed E-state index contributed by atoms with van der Waals surface area (Å²) in [4.78, 5) is 42.4. The third kappa shape index (κ3) is 2.91. The molecule has 6 atom stereocenters. The first-order chi connectivity index (χ1) is 13.6. The minimum Gasteiger partial charge on any atom is -0.481 e. The van der Waals surface area contributed by atoms with Crippen molar-refractivity contribution in [3.8, 4) is 0 Å². The molecule has 2 bridgehead atoms. The molecule has 2 N–H and O–H groups in total. The van der Waals surface area contributed by atoms with Crippen molar-refractivity contribution in [2.24, 2.45) is 17.8 Å². The summed E-state index contributed by atoms with van der Waals surface area (Å²) in [6.45, 7) is 11.6. The van der Waals surface area contributed by atoms with Crippen LogP contribution in [0.4, 0.5) is 0 Å². The van der Waals surface area contributed by atoms with E-state index in [4.69, 9.17) is 4.74 Å². The number of carbonyl (C=O) groups excluding carboxylic acids is 2. The number of carboxylic acids is 1. The number of ether oxygens (including phenoxy) is 1. The standard InChI is InChI=1S/C21H32N2O6/c1-6-8-22(12(2)3)18(26)16-21-11-13(4)20(5,29-21)15(19(27)28)14(21)17(25)23(16)9-7-10-24/h6,12-16,24H,1,7-11H2,2-5H3,(H,27,28)/t13?,14-,15-,16?,20+,21?/m0/s1. The summed E-state index contributed by atoms with van der Waals surface area (Å²) in [6.07, 6.45) is 2.40. The van der Waals surface area contributed by atoms with E-state index in [0.29, 0.717) is 19.4 Å². The molecule has 162 valence electrons. The SMILES string of the molecule is C=CCN(C(=O)C1N(CCCO)C(=O)[C@@H]2[C@@H](C(=O)O)[C@]3(C)OC12CC3C)C(C)C. The lowest BCUT2D eigenvalue weighted by Crippen LogP contribution is -2.57. The molecule has 2 amide bonds. The topological polar surface area (TPSA) is 107 Å². The van der Waals surface area contributed by atoms with E-state index in [1.807, 2.05) is 20.8 Å². The summed E-state index contributed by atoms with van der Waals surface area (Å²) in [5.74, 6) is -3.68. The third-order valence-electron chi connectivity index (χ3n) is 7.10. The molecular formula is C21H32N2O6. The average molecular weight is 408 g/mol. The number of hydrogen-bond acceptors (Lipinski definition) is 5. The summed E-state index contributed by atoms with van der Waals surface area (Å²) >= 11 is 0. The molecule has 0 aromatic carbocycles. The lowest BCUT2D eigenvalue weighted by molar-refractivity contribution is -0.158. The van der Waals surface area contributed by atoms with Gasteiger partial charge in [0.05, 0.1) is 11.5 Å². The first-order valence-corrected chi connectivity index (χ1v) is 10.3. The van der Waals surface area contributed by atoms with Gasteiger partial charge >= 0.3 is 5.97 Å².